The second kappa shape index (κ2) is 6.70. The Morgan fingerprint density at radius 2 is 2.25 bits per heavy atom. The smallest absolute Gasteiger partial charge is 0.170 e. The Kier molecular flexibility index (Phi) is 4.95. The molecule has 0 heterocycles. The molecule has 0 atom stereocenters. The first-order valence-electron chi connectivity index (χ1n) is 7.12. The molecule has 0 unspecified atom stereocenters. The summed E-state index contributed by atoms with van der Waals surface area (Å²) < 4.78 is 14.1. The number of halogens is 1. The van der Waals surface area contributed by atoms with Crippen LogP contribution in [0.4, 0.5) is 4.39 Å². The number of nitrogens with two attached hydrogens (primary N) is 1. The van der Waals surface area contributed by atoms with Crippen molar-refractivity contribution in [2.45, 2.75) is 32.7 Å². The lowest BCUT2D eigenvalue weighted by Gasteiger charge is -2.31. The maximum absolute atomic E-state index is 14.1. The molecule has 1 aromatic carbocycles. The monoisotopic (exact) mass is 279 g/mol. The summed E-state index contributed by atoms with van der Waals surface area (Å²) in [4.78, 5) is 2.27. The van der Waals surface area contributed by atoms with Gasteiger partial charge in [-0.15, -0.1) is 0 Å². The lowest BCUT2D eigenvalue weighted by molar-refractivity contribution is 0.177. The van der Waals surface area contributed by atoms with Crippen molar-refractivity contribution in [3.63, 3.8) is 0 Å². The zero-order valence-corrected chi connectivity index (χ0v) is 11.8. The molecule has 1 fully saturated rings. The van der Waals surface area contributed by atoms with Gasteiger partial charge in [0.1, 0.15) is 5.82 Å². The number of hydrogen-bond donors (Lipinski definition) is 2. The Bertz CT molecular complexity index is 486. The normalized spacial score (nSPS) is 16.4. The van der Waals surface area contributed by atoms with Crippen molar-refractivity contribution in [2.24, 2.45) is 16.8 Å². The van der Waals surface area contributed by atoms with Crippen molar-refractivity contribution in [3.05, 3.63) is 35.1 Å². The summed E-state index contributed by atoms with van der Waals surface area (Å²) in [6, 6.07) is 4.72. The molecule has 0 spiro atoms. The van der Waals surface area contributed by atoms with Crippen LogP contribution in [0.5, 0.6) is 0 Å². The number of benzene rings is 1. The van der Waals surface area contributed by atoms with Gasteiger partial charge >= 0.3 is 0 Å². The standard InChI is InChI=1S/C15H22FN3O/c1-2-19(9-11-4-3-5-11)10-13-7-6-12(8-14(13)16)15(17)18-20/h6-8,11,20H,2-5,9-10H2,1H3,(H2,17,18). The second-order valence-electron chi connectivity index (χ2n) is 5.42. The van der Waals surface area contributed by atoms with Gasteiger partial charge in [-0.2, -0.15) is 0 Å². The maximum atomic E-state index is 14.1. The molecule has 0 aliphatic heterocycles. The van der Waals surface area contributed by atoms with Crippen molar-refractivity contribution in [1.29, 1.82) is 0 Å². The lowest BCUT2D eigenvalue weighted by atomic mass is 9.85. The first-order chi connectivity index (χ1) is 9.63. The summed E-state index contributed by atoms with van der Waals surface area (Å²) >= 11 is 0. The molecule has 0 amide bonds. The molecule has 1 aliphatic carbocycles. The Morgan fingerprint density at radius 1 is 1.50 bits per heavy atom. The zero-order chi connectivity index (χ0) is 14.5. The van der Waals surface area contributed by atoms with E-state index in [9.17, 15) is 4.39 Å². The Labute approximate surface area is 119 Å². The van der Waals surface area contributed by atoms with Gasteiger partial charge in [0, 0.05) is 24.2 Å². The third kappa shape index (κ3) is 3.48. The van der Waals surface area contributed by atoms with E-state index >= 15 is 0 Å². The third-order valence-corrected chi connectivity index (χ3v) is 4.04. The summed E-state index contributed by atoms with van der Waals surface area (Å²) in [5, 5.41) is 11.5. The highest BCUT2D eigenvalue weighted by molar-refractivity contribution is 5.97. The minimum atomic E-state index is -0.304. The van der Waals surface area contributed by atoms with E-state index in [1.54, 1.807) is 12.1 Å². The van der Waals surface area contributed by atoms with Crippen LogP contribution >= 0.6 is 0 Å². The van der Waals surface area contributed by atoms with E-state index in [2.05, 4.69) is 17.0 Å². The van der Waals surface area contributed by atoms with Gasteiger partial charge in [0.2, 0.25) is 0 Å². The summed E-state index contributed by atoms with van der Waals surface area (Å²) in [6.07, 6.45) is 3.91. The predicted octanol–water partition coefficient (Wildman–Crippen LogP) is 2.54. The van der Waals surface area contributed by atoms with Crippen LogP contribution in [0.2, 0.25) is 0 Å². The van der Waals surface area contributed by atoms with Crippen molar-refractivity contribution < 1.29 is 9.60 Å². The number of amidine groups is 1. The van der Waals surface area contributed by atoms with Crippen LogP contribution in [-0.4, -0.2) is 29.0 Å². The topological polar surface area (TPSA) is 61.8 Å². The lowest BCUT2D eigenvalue weighted by Crippen LogP contribution is -2.32. The van der Waals surface area contributed by atoms with Gasteiger partial charge < -0.3 is 10.9 Å². The van der Waals surface area contributed by atoms with Crippen molar-refractivity contribution in [3.8, 4) is 0 Å². The zero-order valence-electron chi connectivity index (χ0n) is 11.8. The fourth-order valence-corrected chi connectivity index (χ4v) is 2.48. The number of rotatable bonds is 6. The highest BCUT2D eigenvalue weighted by atomic mass is 19.1. The van der Waals surface area contributed by atoms with Gasteiger partial charge in [0.25, 0.3) is 0 Å². The molecule has 5 heteroatoms. The summed E-state index contributed by atoms with van der Waals surface area (Å²) in [7, 11) is 0. The molecular weight excluding hydrogens is 257 g/mol. The number of nitrogens with zero attached hydrogens (tertiary/aromatic N) is 2. The minimum absolute atomic E-state index is 0.0720. The molecule has 110 valence electrons. The van der Waals surface area contributed by atoms with Crippen molar-refractivity contribution in [1.82, 2.24) is 4.90 Å². The van der Waals surface area contributed by atoms with Gasteiger partial charge in [-0.05, 0) is 31.4 Å². The SMILES string of the molecule is CCN(Cc1ccc(/C(N)=N/O)cc1F)CC1CCC1. The van der Waals surface area contributed by atoms with Gasteiger partial charge in [0.05, 0.1) is 0 Å². The highest BCUT2D eigenvalue weighted by Gasteiger charge is 2.20. The quantitative estimate of drug-likeness (QED) is 0.364. The second-order valence-corrected chi connectivity index (χ2v) is 5.42. The third-order valence-electron chi connectivity index (χ3n) is 4.04. The van der Waals surface area contributed by atoms with Gasteiger partial charge in [0.15, 0.2) is 5.84 Å². The maximum Gasteiger partial charge on any atom is 0.170 e. The molecule has 2 rings (SSSR count). The van der Waals surface area contributed by atoms with E-state index in [1.165, 1.54) is 25.3 Å². The molecule has 1 aromatic rings. The molecule has 0 radical (unpaired) electrons. The van der Waals surface area contributed by atoms with Crippen molar-refractivity contribution in [2.75, 3.05) is 13.1 Å². The molecule has 20 heavy (non-hydrogen) atoms. The first-order valence-corrected chi connectivity index (χ1v) is 7.12. The molecule has 0 saturated heterocycles. The van der Waals surface area contributed by atoms with Gasteiger partial charge in [-0.1, -0.05) is 30.6 Å². The Hall–Kier alpha value is -1.62. The molecule has 0 bridgehead atoms. The molecule has 0 aromatic heterocycles. The van der Waals surface area contributed by atoms with E-state index in [1.807, 2.05) is 0 Å². The fraction of sp³-hybridized carbons (Fsp3) is 0.533. The van der Waals surface area contributed by atoms with Gasteiger partial charge in [-0.25, -0.2) is 4.39 Å². The largest absolute Gasteiger partial charge is 0.409 e. The van der Waals surface area contributed by atoms with Crippen LogP contribution in [0, 0.1) is 11.7 Å². The molecular formula is C15H22FN3O. The van der Waals surface area contributed by atoms with E-state index in [0.717, 1.165) is 19.0 Å². The van der Waals surface area contributed by atoms with Crippen LogP contribution < -0.4 is 5.73 Å². The Morgan fingerprint density at radius 3 is 2.75 bits per heavy atom. The minimum Gasteiger partial charge on any atom is -0.409 e. The van der Waals surface area contributed by atoms with Crippen molar-refractivity contribution >= 4 is 5.84 Å². The average molecular weight is 279 g/mol. The predicted molar refractivity (Wildman–Crippen MR) is 77.2 cm³/mol. The van der Waals surface area contributed by atoms with E-state index in [-0.39, 0.29) is 11.7 Å². The number of hydrogen-bond acceptors (Lipinski definition) is 3. The Balaban J connectivity index is 2.03. The molecule has 4 nitrogen and oxygen atoms in total. The van der Waals surface area contributed by atoms with E-state index in [0.29, 0.717) is 17.7 Å². The first kappa shape index (κ1) is 14.8. The van der Waals surface area contributed by atoms with Crippen LogP contribution in [0.1, 0.15) is 37.3 Å². The van der Waals surface area contributed by atoms with Crippen LogP contribution in [-0.2, 0) is 6.54 Å². The van der Waals surface area contributed by atoms with E-state index < -0.39 is 0 Å². The summed E-state index contributed by atoms with van der Waals surface area (Å²) in [5.74, 6) is 0.396. The average Bonchev–Trinajstić information content (AvgIpc) is 2.42. The van der Waals surface area contributed by atoms with Crippen LogP contribution in [0.3, 0.4) is 0 Å². The molecule has 1 aliphatic rings. The highest BCUT2D eigenvalue weighted by Crippen LogP contribution is 2.27. The summed E-state index contributed by atoms with van der Waals surface area (Å²) in [6.45, 7) is 4.66. The van der Waals surface area contributed by atoms with Crippen LogP contribution in [0.15, 0.2) is 23.4 Å². The fourth-order valence-electron chi connectivity index (χ4n) is 2.48. The van der Waals surface area contributed by atoms with E-state index in [4.69, 9.17) is 10.9 Å². The number of oxime groups is 1. The molecule has 1 saturated carbocycles. The van der Waals surface area contributed by atoms with Crippen LogP contribution in [0.25, 0.3) is 0 Å². The summed E-state index contributed by atoms with van der Waals surface area (Å²) in [5.41, 5.74) is 6.51. The van der Waals surface area contributed by atoms with Gasteiger partial charge in [-0.3, -0.25) is 4.90 Å². The molecule has 3 N–H and O–H groups in total.